The van der Waals surface area contributed by atoms with E-state index < -0.39 is 67.3 Å². The molecule has 182 valence electrons. The summed E-state index contributed by atoms with van der Waals surface area (Å²) in [6, 6.07) is 14.9. The van der Waals surface area contributed by atoms with Crippen LogP contribution in [0.3, 0.4) is 0 Å². The fourth-order valence-corrected chi connectivity index (χ4v) is 6.34. The van der Waals surface area contributed by atoms with E-state index in [4.69, 9.17) is 4.74 Å². The lowest BCUT2D eigenvalue weighted by Crippen LogP contribution is -2.50. The quantitative estimate of drug-likeness (QED) is 0.165. The van der Waals surface area contributed by atoms with Crippen LogP contribution < -0.4 is 4.74 Å². The number of carbonyl (C=O) groups is 1. The summed E-state index contributed by atoms with van der Waals surface area (Å²) in [5.41, 5.74) is 2.79. The lowest BCUT2D eigenvalue weighted by Gasteiger charge is -2.54. The third-order valence-corrected chi connectivity index (χ3v) is 7.91. The maximum absolute atomic E-state index is 14.6. The first kappa shape index (κ1) is 23.5. The Kier molecular flexibility index (Phi) is 5.12. The molecule has 3 aliphatic rings. The maximum Gasteiger partial charge on any atom is 0.316 e. The molecule has 10 heteroatoms. The molecule has 6 rings (SSSR count). The summed E-state index contributed by atoms with van der Waals surface area (Å²) in [6.45, 7) is 3.59. The van der Waals surface area contributed by atoms with Gasteiger partial charge in [-0.1, -0.05) is 62.4 Å². The molecule has 3 aliphatic carbocycles. The molecule has 2 bridgehead atoms. The first-order valence-electron chi connectivity index (χ1n) is 10.6. The molecule has 0 heterocycles. The standard InChI is InChI=1S/C25H18F4O5S/c1-25(2)16-13-9-5-3-7-11(13)15(12-8-4-6-10-14(12)16)17(25)24(30)34-22-18(26)20(28)23(35(31,32)33)21(29)19(22)27/h3-10,15-17H,1-2H3,(H,31,32,33)/p-1. The van der Waals surface area contributed by atoms with Crippen LogP contribution in [0.2, 0.25) is 0 Å². The van der Waals surface area contributed by atoms with Crippen molar-refractivity contribution in [3.8, 4) is 5.75 Å². The van der Waals surface area contributed by atoms with Gasteiger partial charge in [-0.05, 0) is 27.7 Å². The van der Waals surface area contributed by atoms with Gasteiger partial charge in [0.15, 0.2) is 11.6 Å². The lowest BCUT2D eigenvalue weighted by atomic mass is 9.48. The van der Waals surface area contributed by atoms with E-state index in [0.29, 0.717) is 0 Å². The molecule has 35 heavy (non-hydrogen) atoms. The summed E-state index contributed by atoms with van der Waals surface area (Å²) in [6.07, 6.45) is 0. The Bertz CT molecular complexity index is 1440. The zero-order valence-corrected chi connectivity index (χ0v) is 19.1. The van der Waals surface area contributed by atoms with Crippen molar-refractivity contribution >= 4 is 16.1 Å². The van der Waals surface area contributed by atoms with Crippen LogP contribution in [0.15, 0.2) is 53.4 Å². The van der Waals surface area contributed by atoms with E-state index in [1.807, 2.05) is 36.4 Å². The topological polar surface area (TPSA) is 83.5 Å². The number of benzene rings is 3. The van der Waals surface area contributed by atoms with Crippen molar-refractivity contribution in [2.75, 3.05) is 0 Å². The van der Waals surface area contributed by atoms with E-state index in [9.17, 15) is 35.3 Å². The smallest absolute Gasteiger partial charge is 0.316 e. The number of hydrogen-bond acceptors (Lipinski definition) is 5. The first-order chi connectivity index (χ1) is 16.4. The van der Waals surface area contributed by atoms with Crippen molar-refractivity contribution < 1.29 is 40.1 Å². The van der Waals surface area contributed by atoms with Gasteiger partial charge in [-0.25, -0.2) is 17.2 Å². The Morgan fingerprint density at radius 2 is 1.26 bits per heavy atom. The number of carbonyl (C=O) groups excluding carboxylic acids is 1. The van der Waals surface area contributed by atoms with Crippen LogP contribution in [0.1, 0.15) is 47.9 Å². The molecular weight excluding hydrogens is 488 g/mol. The van der Waals surface area contributed by atoms with Crippen LogP contribution in [0.25, 0.3) is 0 Å². The Morgan fingerprint density at radius 1 is 0.829 bits per heavy atom. The van der Waals surface area contributed by atoms with Crippen molar-refractivity contribution in [1.29, 1.82) is 0 Å². The van der Waals surface area contributed by atoms with Gasteiger partial charge in [-0.2, -0.15) is 8.78 Å². The normalized spacial score (nSPS) is 21.9. The van der Waals surface area contributed by atoms with Crippen molar-refractivity contribution in [2.24, 2.45) is 11.3 Å². The third-order valence-electron chi connectivity index (χ3n) is 7.05. The van der Waals surface area contributed by atoms with Crippen molar-refractivity contribution in [1.82, 2.24) is 0 Å². The second-order valence-corrected chi connectivity index (χ2v) is 10.6. The largest absolute Gasteiger partial charge is 0.744 e. The average molecular weight is 505 g/mol. The third kappa shape index (κ3) is 3.23. The number of ether oxygens (including phenoxy) is 1. The van der Waals surface area contributed by atoms with E-state index >= 15 is 0 Å². The lowest BCUT2D eigenvalue weighted by molar-refractivity contribution is -0.145. The molecule has 5 nitrogen and oxygen atoms in total. The molecule has 0 spiro atoms. The summed E-state index contributed by atoms with van der Waals surface area (Å²) >= 11 is 0. The Hall–Kier alpha value is -3.24. The molecule has 1 unspecified atom stereocenters. The molecule has 3 aromatic carbocycles. The van der Waals surface area contributed by atoms with Gasteiger partial charge in [0.05, 0.1) is 5.92 Å². The van der Waals surface area contributed by atoms with Gasteiger partial charge in [0.1, 0.15) is 15.0 Å². The summed E-state index contributed by atoms with van der Waals surface area (Å²) < 4.78 is 95.7. The number of hydrogen-bond donors (Lipinski definition) is 0. The van der Waals surface area contributed by atoms with Crippen LogP contribution in [0, 0.1) is 34.6 Å². The maximum atomic E-state index is 14.6. The second-order valence-electron chi connectivity index (χ2n) is 9.26. The van der Waals surface area contributed by atoms with E-state index in [0.717, 1.165) is 22.3 Å². The van der Waals surface area contributed by atoms with E-state index in [1.54, 1.807) is 26.0 Å². The van der Waals surface area contributed by atoms with Gasteiger partial charge < -0.3 is 9.29 Å². The predicted octanol–water partition coefficient (Wildman–Crippen LogP) is 4.99. The molecule has 0 N–H and O–H groups in total. The predicted molar refractivity (Wildman–Crippen MR) is 114 cm³/mol. The second kappa shape index (κ2) is 7.63. The number of rotatable bonds is 3. The van der Waals surface area contributed by atoms with Crippen molar-refractivity contribution in [2.45, 2.75) is 30.6 Å². The minimum atomic E-state index is -5.89. The van der Waals surface area contributed by atoms with Crippen LogP contribution in [-0.4, -0.2) is 18.9 Å². The number of esters is 1. The fraction of sp³-hybridized carbons (Fsp3) is 0.240. The molecular formula is C25H17F4O5S-. The van der Waals surface area contributed by atoms with Crippen LogP contribution in [-0.2, 0) is 14.9 Å². The van der Waals surface area contributed by atoms with E-state index in [1.165, 1.54) is 0 Å². The Morgan fingerprint density at radius 3 is 1.69 bits per heavy atom. The molecule has 3 aromatic rings. The summed E-state index contributed by atoms with van der Waals surface area (Å²) in [4.78, 5) is 11.1. The minimum Gasteiger partial charge on any atom is -0.744 e. The molecule has 0 saturated heterocycles. The van der Waals surface area contributed by atoms with Gasteiger partial charge in [-0.3, -0.25) is 4.79 Å². The summed E-state index contributed by atoms with van der Waals surface area (Å²) in [7, 11) is -5.89. The van der Waals surface area contributed by atoms with Gasteiger partial charge in [-0.15, -0.1) is 0 Å². The highest BCUT2D eigenvalue weighted by atomic mass is 32.2. The zero-order valence-electron chi connectivity index (χ0n) is 18.3. The van der Waals surface area contributed by atoms with Crippen molar-refractivity contribution in [3.63, 3.8) is 0 Å². The Balaban J connectivity index is 1.64. The molecule has 0 saturated carbocycles. The SMILES string of the molecule is CC1(C)C2c3ccccc3C(c3ccccc32)C1C(=O)Oc1c(F)c(F)c(S(=O)(=O)[O-])c(F)c1F. The van der Waals surface area contributed by atoms with E-state index in [2.05, 4.69) is 0 Å². The molecule has 0 aliphatic heterocycles. The van der Waals surface area contributed by atoms with Crippen LogP contribution >= 0.6 is 0 Å². The number of halogens is 4. The number of fused-ring (bicyclic) bond motifs is 1. The average Bonchev–Trinajstić information content (AvgIpc) is 2.79. The Labute approximate surface area is 198 Å². The zero-order chi connectivity index (χ0) is 25.4. The highest BCUT2D eigenvalue weighted by Gasteiger charge is 2.57. The molecule has 0 radical (unpaired) electrons. The van der Waals surface area contributed by atoms with Gasteiger partial charge in [0.2, 0.25) is 17.4 Å². The molecule has 0 fully saturated rings. The molecule has 0 aromatic heterocycles. The molecule has 0 amide bonds. The highest BCUT2D eigenvalue weighted by Crippen LogP contribution is 2.63. The fourth-order valence-electron chi connectivity index (χ4n) is 5.72. The summed E-state index contributed by atoms with van der Waals surface area (Å²) in [5, 5.41) is 0. The van der Waals surface area contributed by atoms with E-state index in [-0.39, 0.29) is 5.92 Å². The van der Waals surface area contributed by atoms with Gasteiger partial charge in [0, 0.05) is 11.8 Å². The van der Waals surface area contributed by atoms with Crippen LogP contribution in [0.5, 0.6) is 5.75 Å². The summed E-state index contributed by atoms with van der Waals surface area (Å²) in [5.74, 6) is -14.2. The first-order valence-corrected chi connectivity index (χ1v) is 12.0. The molecule has 1 atom stereocenters. The van der Waals surface area contributed by atoms with Gasteiger partial charge >= 0.3 is 5.97 Å². The van der Waals surface area contributed by atoms with Gasteiger partial charge in [0.25, 0.3) is 0 Å². The van der Waals surface area contributed by atoms with Crippen molar-refractivity contribution in [3.05, 3.63) is 94.1 Å². The van der Waals surface area contributed by atoms with Crippen LogP contribution in [0.4, 0.5) is 17.6 Å². The monoisotopic (exact) mass is 505 g/mol. The highest BCUT2D eigenvalue weighted by molar-refractivity contribution is 7.85. The minimum absolute atomic E-state index is 0.284.